The van der Waals surface area contributed by atoms with Crippen LogP contribution >= 0.6 is 11.6 Å². The highest BCUT2D eigenvalue weighted by Gasteiger charge is 2.12. The fourth-order valence-corrected chi connectivity index (χ4v) is 3.11. The molecule has 7 heteroatoms. The van der Waals surface area contributed by atoms with Gasteiger partial charge in [0, 0.05) is 29.9 Å². The van der Waals surface area contributed by atoms with Crippen molar-refractivity contribution < 1.29 is 9.59 Å². The summed E-state index contributed by atoms with van der Waals surface area (Å²) < 4.78 is 1.71. The van der Waals surface area contributed by atoms with Gasteiger partial charge in [0.1, 0.15) is 5.15 Å². The number of amides is 2. The van der Waals surface area contributed by atoms with E-state index in [1.807, 2.05) is 37.3 Å². The Labute approximate surface area is 174 Å². The Bertz CT molecular complexity index is 1040. The lowest BCUT2D eigenvalue weighted by atomic mass is 10.2. The molecule has 1 aromatic heterocycles. The van der Waals surface area contributed by atoms with Gasteiger partial charge in [-0.05, 0) is 42.8 Å². The molecule has 148 valence electrons. The first kappa shape index (κ1) is 20.4. The first-order chi connectivity index (χ1) is 14.0. The zero-order valence-corrected chi connectivity index (χ0v) is 16.9. The van der Waals surface area contributed by atoms with Crippen molar-refractivity contribution >= 4 is 35.2 Å². The molecule has 0 fully saturated rings. The summed E-state index contributed by atoms with van der Waals surface area (Å²) in [6, 6.07) is 16.5. The van der Waals surface area contributed by atoms with Crippen molar-refractivity contribution in [3.8, 4) is 0 Å². The van der Waals surface area contributed by atoms with Gasteiger partial charge >= 0.3 is 0 Å². The Hall–Kier alpha value is -3.38. The van der Waals surface area contributed by atoms with Crippen molar-refractivity contribution in [1.82, 2.24) is 15.1 Å². The van der Waals surface area contributed by atoms with Crippen LogP contribution in [0, 0.1) is 6.92 Å². The van der Waals surface area contributed by atoms with E-state index in [2.05, 4.69) is 15.7 Å². The SMILES string of the molecule is CNC(=O)c1ccc(NC(=O)/C=C/c2c(C)nn(Cc3ccccc3)c2Cl)cc1. The van der Waals surface area contributed by atoms with Gasteiger partial charge in [-0.3, -0.25) is 9.59 Å². The zero-order chi connectivity index (χ0) is 20.8. The van der Waals surface area contributed by atoms with Crippen molar-refractivity contribution in [3.63, 3.8) is 0 Å². The second-order valence-electron chi connectivity index (χ2n) is 6.41. The molecule has 0 saturated heterocycles. The van der Waals surface area contributed by atoms with Crippen LogP contribution < -0.4 is 10.6 Å². The van der Waals surface area contributed by atoms with Crippen LogP contribution in [0.25, 0.3) is 6.08 Å². The van der Waals surface area contributed by atoms with Gasteiger partial charge in [0.15, 0.2) is 0 Å². The van der Waals surface area contributed by atoms with E-state index in [9.17, 15) is 9.59 Å². The minimum Gasteiger partial charge on any atom is -0.355 e. The minimum atomic E-state index is -0.302. The molecule has 3 aromatic rings. The van der Waals surface area contributed by atoms with Crippen LogP contribution in [0.3, 0.4) is 0 Å². The number of carbonyl (C=O) groups is 2. The Morgan fingerprint density at radius 3 is 2.45 bits per heavy atom. The lowest BCUT2D eigenvalue weighted by Crippen LogP contribution is -2.17. The van der Waals surface area contributed by atoms with E-state index < -0.39 is 0 Å². The highest BCUT2D eigenvalue weighted by atomic mass is 35.5. The molecule has 2 aromatic carbocycles. The summed E-state index contributed by atoms with van der Waals surface area (Å²) in [5.41, 5.74) is 3.65. The van der Waals surface area contributed by atoms with Gasteiger partial charge in [0.25, 0.3) is 5.91 Å². The Morgan fingerprint density at radius 1 is 1.10 bits per heavy atom. The number of hydrogen-bond acceptors (Lipinski definition) is 3. The topological polar surface area (TPSA) is 76.0 Å². The predicted molar refractivity (Wildman–Crippen MR) is 115 cm³/mol. The first-order valence-electron chi connectivity index (χ1n) is 9.06. The number of halogens is 1. The van der Waals surface area contributed by atoms with Gasteiger partial charge < -0.3 is 10.6 Å². The molecule has 0 spiro atoms. The summed E-state index contributed by atoms with van der Waals surface area (Å²) in [7, 11) is 1.57. The average molecular weight is 409 g/mol. The van der Waals surface area contributed by atoms with E-state index in [0.29, 0.717) is 28.5 Å². The summed E-state index contributed by atoms with van der Waals surface area (Å²) in [6.45, 7) is 2.40. The molecule has 0 aliphatic carbocycles. The third-order valence-corrected chi connectivity index (χ3v) is 4.73. The lowest BCUT2D eigenvalue weighted by Gasteiger charge is -2.04. The maximum absolute atomic E-state index is 12.2. The van der Waals surface area contributed by atoms with Crippen molar-refractivity contribution in [1.29, 1.82) is 0 Å². The predicted octanol–water partition coefficient (Wildman–Crippen LogP) is 3.90. The van der Waals surface area contributed by atoms with Gasteiger partial charge in [-0.25, -0.2) is 4.68 Å². The minimum absolute atomic E-state index is 0.180. The monoisotopic (exact) mass is 408 g/mol. The molecule has 0 aliphatic rings. The number of hydrogen-bond donors (Lipinski definition) is 2. The van der Waals surface area contributed by atoms with Crippen LogP contribution in [0.2, 0.25) is 5.15 Å². The fourth-order valence-electron chi connectivity index (χ4n) is 2.81. The largest absolute Gasteiger partial charge is 0.355 e. The summed E-state index contributed by atoms with van der Waals surface area (Å²) >= 11 is 6.46. The average Bonchev–Trinajstić information content (AvgIpc) is 2.99. The van der Waals surface area contributed by atoms with Gasteiger partial charge in [0.2, 0.25) is 5.91 Å². The van der Waals surface area contributed by atoms with E-state index in [1.54, 1.807) is 42.1 Å². The summed E-state index contributed by atoms with van der Waals surface area (Å²) in [5, 5.41) is 10.2. The zero-order valence-electron chi connectivity index (χ0n) is 16.1. The maximum atomic E-state index is 12.2. The van der Waals surface area contributed by atoms with Crippen LogP contribution in [-0.4, -0.2) is 28.6 Å². The number of rotatable bonds is 6. The second-order valence-corrected chi connectivity index (χ2v) is 6.77. The number of aryl methyl sites for hydroxylation is 1. The molecule has 0 saturated carbocycles. The van der Waals surface area contributed by atoms with Crippen LogP contribution in [0.1, 0.15) is 27.2 Å². The molecule has 6 nitrogen and oxygen atoms in total. The number of nitrogens with one attached hydrogen (secondary N) is 2. The molecule has 3 rings (SSSR count). The highest BCUT2D eigenvalue weighted by Crippen LogP contribution is 2.22. The first-order valence-corrected chi connectivity index (χ1v) is 9.43. The number of benzene rings is 2. The summed E-state index contributed by atoms with van der Waals surface area (Å²) in [6.07, 6.45) is 3.07. The molecule has 0 radical (unpaired) electrons. The van der Waals surface area contributed by atoms with Crippen LogP contribution in [0.5, 0.6) is 0 Å². The molecule has 0 aliphatic heterocycles. The summed E-state index contributed by atoms with van der Waals surface area (Å²) in [5.74, 6) is -0.482. The van der Waals surface area contributed by atoms with Crippen LogP contribution in [-0.2, 0) is 11.3 Å². The van der Waals surface area contributed by atoms with Crippen molar-refractivity contribution in [2.45, 2.75) is 13.5 Å². The molecule has 1 heterocycles. The highest BCUT2D eigenvalue weighted by molar-refractivity contribution is 6.31. The maximum Gasteiger partial charge on any atom is 0.251 e. The molecule has 2 amide bonds. The number of carbonyl (C=O) groups excluding carboxylic acids is 2. The molecule has 0 atom stereocenters. The van der Waals surface area contributed by atoms with Gasteiger partial charge in [-0.1, -0.05) is 41.9 Å². The number of nitrogens with zero attached hydrogens (tertiary/aromatic N) is 2. The van der Waals surface area contributed by atoms with E-state index in [4.69, 9.17) is 11.6 Å². The third kappa shape index (κ3) is 5.12. The molecule has 0 unspecified atom stereocenters. The molecular formula is C22H21ClN4O2. The normalized spacial score (nSPS) is 10.9. The Balaban J connectivity index is 1.67. The van der Waals surface area contributed by atoms with E-state index in [0.717, 1.165) is 11.3 Å². The second kappa shape index (κ2) is 9.21. The Kier molecular flexibility index (Phi) is 6.46. The number of aromatic nitrogens is 2. The van der Waals surface area contributed by atoms with Crippen molar-refractivity contribution in [2.75, 3.05) is 12.4 Å². The third-order valence-electron chi connectivity index (χ3n) is 4.33. The molecule has 2 N–H and O–H groups in total. The van der Waals surface area contributed by atoms with Gasteiger partial charge in [-0.2, -0.15) is 5.10 Å². The Morgan fingerprint density at radius 2 is 1.79 bits per heavy atom. The fraction of sp³-hybridized carbons (Fsp3) is 0.136. The van der Waals surface area contributed by atoms with E-state index in [1.165, 1.54) is 6.08 Å². The lowest BCUT2D eigenvalue weighted by molar-refractivity contribution is -0.111. The van der Waals surface area contributed by atoms with E-state index in [-0.39, 0.29) is 11.8 Å². The van der Waals surface area contributed by atoms with Crippen molar-refractivity contribution in [2.24, 2.45) is 0 Å². The van der Waals surface area contributed by atoms with Crippen LogP contribution in [0.15, 0.2) is 60.7 Å². The summed E-state index contributed by atoms with van der Waals surface area (Å²) in [4.78, 5) is 23.8. The molecular weight excluding hydrogens is 388 g/mol. The van der Waals surface area contributed by atoms with E-state index >= 15 is 0 Å². The standard InChI is InChI=1S/C22H21ClN4O2/c1-15-19(21(23)27(26-15)14-16-6-4-3-5-7-16)12-13-20(28)25-18-10-8-17(9-11-18)22(29)24-2/h3-13H,14H2,1-2H3,(H,24,29)(H,25,28)/b13-12+. The van der Waals surface area contributed by atoms with Gasteiger partial charge in [-0.15, -0.1) is 0 Å². The van der Waals surface area contributed by atoms with Gasteiger partial charge in [0.05, 0.1) is 12.2 Å². The van der Waals surface area contributed by atoms with Crippen LogP contribution in [0.4, 0.5) is 5.69 Å². The molecule has 0 bridgehead atoms. The number of anilines is 1. The molecule has 29 heavy (non-hydrogen) atoms. The van der Waals surface area contributed by atoms with Crippen molar-refractivity contribution in [3.05, 3.63) is 88.2 Å². The smallest absolute Gasteiger partial charge is 0.251 e. The quantitative estimate of drug-likeness (QED) is 0.607.